The maximum Gasteiger partial charge on any atom is 0.207 e. The lowest BCUT2D eigenvalue weighted by Gasteiger charge is -2.31. The Bertz CT molecular complexity index is 315. The fraction of sp³-hybridized carbons (Fsp3) is 0.750. The average Bonchev–Trinajstić information content (AvgIpc) is 2.35. The van der Waals surface area contributed by atoms with E-state index in [0.29, 0.717) is 5.84 Å². The van der Waals surface area contributed by atoms with Crippen molar-refractivity contribution in [2.24, 2.45) is 10.9 Å². The first-order valence-electron chi connectivity index (χ1n) is 5.94. The van der Waals surface area contributed by atoms with Crippen molar-refractivity contribution in [1.29, 1.82) is 10.5 Å². The normalized spacial score (nSPS) is 18.7. The zero-order valence-corrected chi connectivity index (χ0v) is 9.82. The van der Waals surface area contributed by atoms with Gasteiger partial charge < -0.3 is 4.90 Å². The number of amidine groups is 1. The molecule has 4 nitrogen and oxygen atoms in total. The Hall–Kier alpha value is -1.55. The minimum atomic E-state index is -0.220. The first kappa shape index (κ1) is 12.5. The predicted octanol–water partition coefficient (Wildman–Crippen LogP) is 2.29. The van der Waals surface area contributed by atoms with Gasteiger partial charge in [0.2, 0.25) is 6.19 Å². The van der Waals surface area contributed by atoms with Crippen LogP contribution in [0, 0.1) is 28.7 Å². The maximum atomic E-state index is 9.12. The van der Waals surface area contributed by atoms with Gasteiger partial charge in [-0.05, 0) is 25.7 Å². The molecule has 0 radical (unpaired) electrons. The Morgan fingerprint density at radius 2 is 2.00 bits per heavy atom. The zero-order chi connectivity index (χ0) is 11.8. The molecule has 0 amide bonds. The third-order valence-corrected chi connectivity index (χ3v) is 2.89. The topological polar surface area (TPSA) is 63.2 Å². The minimum absolute atomic E-state index is 0.220. The molecule has 1 aliphatic rings. The number of hydrogen-bond acceptors (Lipinski definition) is 3. The standard InChI is InChI=1S/C12H18N4/c1-2-6-11(9-13)12(15-10-14)16-7-4-3-5-8-16/h11H,2-8H2,1H3. The summed E-state index contributed by atoms with van der Waals surface area (Å²) in [5.41, 5.74) is 0. The van der Waals surface area contributed by atoms with Crippen molar-refractivity contribution < 1.29 is 0 Å². The number of nitriles is 2. The van der Waals surface area contributed by atoms with E-state index in [-0.39, 0.29) is 5.92 Å². The van der Waals surface area contributed by atoms with E-state index in [2.05, 4.69) is 16.0 Å². The highest BCUT2D eigenvalue weighted by molar-refractivity contribution is 5.87. The van der Waals surface area contributed by atoms with Crippen LogP contribution in [0.4, 0.5) is 0 Å². The van der Waals surface area contributed by atoms with E-state index in [0.717, 1.165) is 38.8 Å². The summed E-state index contributed by atoms with van der Waals surface area (Å²) in [4.78, 5) is 5.97. The molecule has 1 unspecified atom stereocenters. The van der Waals surface area contributed by atoms with Crippen molar-refractivity contribution in [2.75, 3.05) is 13.1 Å². The molecule has 0 bridgehead atoms. The van der Waals surface area contributed by atoms with Crippen LogP contribution in [0.25, 0.3) is 0 Å². The Balaban J connectivity index is 2.77. The van der Waals surface area contributed by atoms with Crippen LogP contribution in [0.15, 0.2) is 4.99 Å². The summed E-state index contributed by atoms with van der Waals surface area (Å²) < 4.78 is 0. The fourth-order valence-corrected chi connectivity index (χ4v) is 2.08. The molecular weight excluding hydrogens is 200 g/mol. The largest absolute Gasteiger partial charge is 0.358 e. The molecule has 1 atom stereocenters. The van der Waals surface area contributed by atoms with Crippen molar-refractivity contribution >= 4 is 5.84 Å². The predicted molar refractivity (Wildman–Crippen MR) is 62.5 cm³/mol. The molecule has 1 fully saturated rings. The molecule has 16 heavy (non-hydrogen) atoms. The molecule has 0 spiro atoms. The first-order valence-corrected chi connectivity index (χ1v) is 5.94. The lowest BCUT2D eigenvalue weighted by molar-refractivity contribution is 0.330. The number of likely N-dealkylation sites (tertiary alicyclic amines) is 1. The van der Waals surface area contributed by atoms with Crippen molar-refractivity contribution in [2.45, 2.75) is 39.0 Å². The molecule has 1 saturated heterocycles. The molecule has 0 N–H and O–H groups in total. The van der Waals surface area contributed by atoms with Gasteiger partial charge in [0.15, 0.2) is 0 Å². The molecule has 1 aliphatic heterocycles. The van der Waals surface area contributed by atoms with E-state index in [4.69, 9.17) is 10.5 Å². The van der Waals surface area contributed by atoms with Crippen LogP contribution >= 0.6 is 0 Å². The molecule has 0 aromatic carbocycles. The smallest absolute Gasteiger partial charge is 0.207 e. The van der Waals surface area contributed by atoms with Crippen LogP contribution in [0.3, 0.4) is 0 Å². The zero-order valence-electron chi connectivity index (χ0n) is 9.82. The van der Waals surface area contributed by atoms with E-state index < -0.39 is 0 Å². The van der Waals surface area contributed by atoms with E-state index >= 15 is 0 Å². The van der Waals surface area contributed by atoms with Crippen LogP contribution in [0.5, 0.6) is 0 Å². The van der Waals surface area contributed by atoms with Gasteiger partial charge in [-0.15, -0.1) is 0 Å². The van der Waals surface area contributed by atoms with Gasteiger partial charge in [-0.3, -0.25) is 0 Å². The highest BCUT2D eigenvalue weighted by Crippen LogP contribution is 2.16. The second-order valence-corrected chi connectivity index (χ2v) is 4.09. The highest BCUT2D eigenvalue weighted by Gasteiger charge is 2.22. The number of hydrogen-bond donors (Lipinski definition) is 0. The van der Waals surface area contributed by atoms with Gasteiger partial charge in [-0.1, -0.05) is 13.3 Å². The second-order valence-electron chi connectivity index (χ2n) is 4.09. The molecule has 0 saturated carbocycles. The molecule has 0 aliphatic carbocycles. The van der Waals surface area contributed by atoms with Crippen molar-refractivity contribution in [1.82, 2.24) is 4.90 Å². The van der Waals surface area contributed by atoms with Gasteiger partial charge in [0.05, 0.1) is 6.07 Å². The van der Waals surface area contributed by atoms with Gasteiger partial charge >= 0.3 is 0 Å². The minimum Gasteiger partial charge on any atom is -0.358 e. The molecule has 4 heteroatoms. The molecular formula is C12H18N4. The van der Waals surface area contributed by atoms with Crippen molar-refractivity contribution in [3.8, 4) is 12.3 Å². The first-order chi connectivity index (χ1) is 7.83. The van der Waals surface area contributed by atoms with Crippen molar-refractivity contribution in [3.63, 3.8) is 0 Å². The van der Waals surface area contributed by atoms with E-state index in [1.807, 2.05) is 13.1 Å². The number of piperidine rings is 1. The van der Waals surface area contributed by atoms with E-state index in [1.165, 1.54) is 6.42 Å². The van der Waals surface area contributed by atoms with Crippen LogP contribution in [-0.2, 0) is 0 Å². The van der Waals surface area contributed by atoms with Crippen LogP contribution in [0.1, 0.15) is 39.0 Å². The van der Waals surface area contributed by atoms with Gasteiger partial charge in [-0.2, -0.15) is 15.5 Å². The average molecular weight is 218 g/mol. The van der Waals surface area contributed by atoms with Crippen LogP contribution in [-0.4, -0.2) is 23.8 Å². The second kappa shape index (κ2) is 6.85. The summed E-state index contributed by atoms with van der Waals surface area (Å²) in [6, 6.07) is 2.26. The highest BCUT2D eigenvalue weighted by atomic mass is 15.2. The molecule has 86 valence electrons. The van der Waals surface area contributed by atoms with Gasteiger partial charge in [-0.25, -0.2) is 0 Å². The number of nitrogens with zero attached hydrogens (tertiary/aromatic N) is 4. The quantitative estimate of drug-likeness (QED) is 0.415. The third-order valence-electron chi connectivity index (χ3n) is 2.89. The molecule has 0 aromatic heterocycles. The van der Waals surface area contributed by atoms with Gasteiger partial charge in [0, 0.05) is 13.1 Å². The molecule has 1 rings (SSSR count). The van der Waals surface area contributed by atoms with Gasteiger partial charge in [0.25, 0.3) is 0 Å². The van der Waals surface area contributed by atoms with E-state index in [1.54, 1.807) is 0 Å². The maximum absolute atomic E-state index is 9.12. The number of aliphatic imine (C=N–C) groups is 1. The van der Waals surface area contributed by atoms with Crippen LogP contribution in [0.2, 0.25) is 0 Å². The summed E-state index contributed by atoms with van der Waals surface area (Å²) in [7, 11) is 0. The van der Waals surface area contributed by atoms with E-state index in [9.17, 15) is 0 Å². The number of rotatable bonds is 3. The summed E-state index contributed by atoms with van der Waals surface area (Å²) in [6.07, 6.45) is 7.06. The summed E-state index contributed by atoms with van der Waals surface area (Å²) in [5, 5.41) is 17.8. The lowest BCUT2D eigenvalue weighted by Crippen LogP contribution is -2.39. The van der Waals surface area contributed by atoms with Gasteiger partial charge in [0.1, 0.15) is 11.8 Å². The summed E-state index contributed by atoms with van der Waals surface area (Å²) in [5.74, 6) is 0.467. The molecule has 1 heterocycles. The Morgan fingerprint density at radius 1 is 1.31 bits per heavy atom. The monoisotopic (exact) mass is 218 g/mol. The summed E-state index contributed by atoms with van der Waals surface area (Å²) in [6.45, 7) is 3.91. The van der Waals surface area contributed by atoms with Crippen molar-refractivity contribution in [3.05, 3.63) is 0 Å². The van der Waals surface area contributed by atoms with Crippen LogP contribution < -0.4 is 0 Å². The Morgan fingerprint density at radius 3 is 2.50 bits per heavy atom. The molecule has 0 aromatic rings. The summed E-state index contributed by atoms with van der Waals surface area (Å²) >= 11 is 0. The Labute approximate surface area is 97.2 Å². The fourth-order valence-electron chi connectivity index (χ4n) is 2.08. The Kier molecular flexibility index (Phi) is 5.36. The third kappa shape index (κ3) is 3.24. The SMILES string of the molecule is CCCC(C#N)C(=NC#N)N1CCCCC1. The lowest BCUT2D eigenvalue weighted by atomic mass is 10.0.